The maximum atomic E-state index is 11.9. The average Bonchev–Trinajstić information content (AvgIpc) is 2.46. The first-order chi connectivity index (χ1) is 10.0. The van der Waals surface area contributed by atoms with Crippen molar-refractivity contribution in [1.82, 2.24) is 10.3 Å². The molecule has 0 aliphatic heterocycles. The third-order valence-electron chi connectivity index (χ3n) is 2.65. The summed E-state index contributed by atoms with van der Waals surface area (Å²) in [5, 5.41) is 13.4. The molecule has 0 aliphatic rings. The fourth-order valence-corrected chi connectivity index (χ4v) is 1.65. The van der Waals surface area contributed by atoms with Crippen LogP contribution >= 0.6 is 0 Å². The number of hydrogen-bond donors (Lipinski definition) is 4. The van der Waals surface area contributed by atoms with Crippen molar-refractivity contribution in [2.45, 2.75) is 6.54 Å². The number of rotatable bonds is 4. The number of anilines is 2. The van der Waals surface area contributed by atoms with E-state index in [1.54, 1.807) is 18.2 Å². The van der Waals surface area contributed by atoms with Gasteiger partial charge in [0.1, 0.15) is 11.5 Å². The quantitative estimate of drug-likeness (QED) is 0.638. The first kappa shape index (κ1) is 14.3. The van der Waals surface area contributed by atoms with E-state index in [2.05, 4.69) is 15.6 Å². The third kappa shape index (κ3) is 4.20. The number of nitrogens with two attached hydrogens (primary N) is 1. The first-order valence-electron chi connectivity index (χ1n) is 6.14. The zero-order valence-electron chi connectivity index (χ0n) is 11.0. The number of carbonyl (C=O) groups is 2. The first-order valence-corrected chi connectivity index (χ1v) is 6.14. The molecule has 5 N–H and O–H groups in total. The van der Waals surface area contributed by atoms with Crippen LogP contribution in [0.25, 0.3) is 0 Å². The summed E-state index contributed by atoms with van der Waals surface area (Å²) in [6.45, 7) is 0.331. The van der Waals surface area contributed by atoms with Gasteiger partial charge in [-0.25, -0.2) is 9.78 Å². The molecule has 0 atom stereocenters. The zero-order chi connectivity index (χ0) is 15.2. The average molecular weight is 286 g/mol. The molecule has 21 heavy (non-hydrogen) atoms. The number of benzene rings is 1. The van der Waals surface area contributed by atoms with Crippen LogP contribution in [0.2, 0.25) is 0 Å². The Labute approximate surface area is 120 Å². The van der Waals surface area contributed by atoms with Crippen molar-refractivity contribution in [2.24, 2.45) is 0 Å². The lowest BCUT2D eigenvalue weighted by atomic mass is 10.2. The summed E-state index contributed by atoms with van der Waals surface area (Å²) >= 11 is 0. The van der Waals surface area contributed by atoms with E-state index in [4.69, 9.17) is 10.8 Å². The molecule has 108 valence electrons. The molecule has 1 heterocycles. The fourth-order valence-electron chi connectivity index (χ4n) is 1.65. The number of aromatic nitrogens is 1. The molecule has 2 amide bonds. The van der Waals surface area contributed by atoms with E-state index in [1.165, 1.54) is 12.1 Å². The summed E-state index contributed by atoms with van der Waals surface area (Å²) in [6.07, 6.45) is -1.23. The highest BCUT2D eigenvalue weighted by atomic mass is 16.4. The number of hydrogen-bond acceptors (Lipinski definition) is 4. The van der Waals surface area contributed by atoms with Gasteiger partial charge in [0, 0.05) is 12.2 Å². The monoisotopic (exact) mass is 286 g/mol. The lowest BCUT2D eigenvalue weighted by Gasteiger charge is -2.06. The van der Waals surface area contributed by atoms with Crippen LogP contribution < -0.4 is 16.4 Å². The van der Waals surface area contributed by atoms with E-state index in [-0.39, 0.29) is 17.4 Å². The van der Waals surface area contributed by atoms with Crippen LogP contribution in [0, 0.1) is 0 Å². The number of nitrogens with zero attached hydrogens (tertiary/aromatic N) is 1. The van der Waals surface area contributed by atoms with Gasteiger partial charge >= 0.3 is 6.09 Å². The molecule has 0 spiro atoms. The molecule has 1 aromatic carbocycles. The molecule has 0 aliphatic carbocycles. The largest absolute Gasteiger partial charge is 0.465 e. The van der Waals surface area contributed by atoms with Gasteiger partial charge in [0.2, 0.25) is 0 Å². The van der Waals surface area contributed by atoms with Gasteiger partial charge in [-0.15, -0.1) is 0 Å². The Morgan fingerprint density at radius 2 is 1.86 bits per heavy atom. The number of nitrogens with one attached hydrogen (secondary N) is 2. The lowest BCUT2D eigenvalue weighted by molar-refractivity contribution is 0.0946. The maximum Gasteiger partial charge on any atom is 0.410 e. The van der Waals surface area contributed by atoms with Crippen LogP contribution in [0.15, 0.2) is 42.5 Å². The highest BCUT2D eigenvalue weighted by Crippen LogP contribution is 2.07. The molecule has 7 heteroatoms. The van der Waals surface area contributed by atoms with E-state index in [0.29, 0.717) is 12.2 Å². The minimum atomic E-state index is -1.23. The van der Waals surface area contributed by atoms with Gasteiger partial charge in [0.05, 0.1) is 0 Å². The topological polar surface area (TPSA) is 117 Å². The van der Waals surface area contributed by atoms with Gasteiger partial charge in [-0.3, -0.25) is 10.1 Å². The summed E-state index contributed by atoms with van der Waals surface area (Å²) in [5.74, 6) is -0.288. The van der Waals surface area contributed by atoms with Crippen molar-refractivity contribution in [3.8, 4) is 0 Å². The molecule has 0 radical (unpaired) electrons. The Hall–Kier alpha value is -3.09. The highest BCUT2D eigenvalue weighted by Gasteiger charge is 2.08. The number of carboxylic acid groups (broad SMARTS) is 1. The molecule has 2 aromatic rings. The number of pyridine rings is 1. The summed E-state index contributed by atoms with van der Waals surface area (Å²) in [4.78, 5) is 26.4. The summed E-state index contributed by atoms with van der Waals surface area (Å²) < 4.78 is 0. The van der Waals surface area contributed by atoms with Crippen molar-refractivity contribution in [3.63, 3.8) is 0 Å². The van der Waals surface area contributed by atoms with Crippen molar-refractivity contribution < 1.29 is 14.7 Å². The predicted molar refractivity (Wildman–Crippen MR) is 77.9 cm³/mol. The Morgan fingerprint density at radius 1 is 1.14 bits per heavy atom. The number of nitrogen functional groups attached to an aromatic ring is 1. The van der Waals surface area contributed by atoms with Gasteiger partial charge in [0.15, 0.2) is 0 Å². The van der Waals surface area contributed by atoms with E-state index in [9.17, 15) is 9.59 Å². The van der Waals surface area contributed by atoms with E-state index in [0.717, 1.165) is 5.56 Å². The zero-order valence-corrected chi connectivity index (χ0v) is 11.0. The number of carbonyl (C=O) groups excluding carboxylic acids is 1. The second-order valence-electron chi connectivity index (χ2n) is 4.26. The standard InChI is InChI=1S/C14H14N4O3/c15-10-6-4-9(5-7-10)8-16-13(19)11-2-1-3-12(17-11)18-14(20)21/h1-7H,8,15H2,(H,16,19)(H,17,18)(H,20,21). The summed E-state index contributed by atoms with van der Waals surface area (Å²) in [6, 6.07) is 11.6. The van der Waals surface area contributed by atoms with Crippen molar-refractivity contribution in [1.29, 1.82) is 0 Å². The molecule has 2 rings (SSSR count). The molecular formula is C14H14N4O3. The predicted octanol–water partition coefficient (Wildman–Crippen LogP) is 1.68. The fraction of sp³-hybridized carbons (Fsp3) is 0.0714. The van der Waals surface area contributed by atoms with E-state index >= 15 is 0 Å². The van der Waals surface area contributed by atoms with Gasteiger partial charge in [0.25, 0.3) is 5.91 Å². The number of amides is 2. The Bertz CT molecular complexity index is 656. The van der Waals surface area contributed by atoms with Crippen LogP contribution in [-0.4, -0.2) is 22.1 Å². The minimum absolute atomic E-state index is 0.0997. The molecule has 0 fully saturated rings. The second kappa shape index (κ2) is 6.38. The molecule has 0 unspecified atom stereocenters. The summed E-state index contributed by atoms with van der Waals surface area (Å²) in [7, 11) is 0. The minimum Gasteiger partial charge on any atom is -0.465 e. The SMILES string of the molecule is Nc1ccc(CNC(=O)c2cccc(NC(=O)O)n2)cc1. The van der Waals surface area contributed by atoms with Crippen molar-refractivity contribution in [2.75, 3.05) is 11.1 Å². The van der Waals surface area contributed by atoms with Crippen LogP contribution in [-0.2, 0) is 6.54 Å². The Morgan fingerprint density at radius 3 is 2.52 bits per heavy atom. The lowest BCUT2D eigenvalue weighted by Crippen LogP contribution is -2.24. The molecular weight excluding hydrogens is 272 g/mol. The Kier molecular flexibility index (Phi) is 4.35. The maximum absolute atomic E-state index is 11.9. The molecule has 0 saturated heterocycles. The molecule has 7 nitrogen and oxygen atoms in total. The second-order valence-corrected chi connectivity index (χ2v) is 4.26. The summed E-state index contributed by atoms with van der Waals surface area (Å²) in [5.41, 5.74) is 7.27. The van der Waals surface area contributed by atoms with Crippen molar-refractivity contribution in [3.05, 3.63) is 53.7 Å². The molecule has 0 bridgehead atoms. The van der Waals surface area contributed by atoms with Gasteiger partial charge in [-0.2, -0.15) is 0 Å². The van der Waals surface area contributed by atoms with Gasteiger partial charge < -0.3 is 16.2 Å². The van der Waals surface area contributed by atoms with Crippen LogP contribution in [0.3, 0.4) is 0 Å². The highest BCUT2D eigenvalue weighted by molar-refractivity contribution is 5.93. The van der Waals surface area contributed by atoms with E-state index in [1.807, 2.05) is 12.1 Å². The molecule has 0 saturated carbocycles. The smallest absolute Gasteiger partial charge is 0.410 e. The van der Waals surface area contributed by atoms with Crippen molar-refractivity contribution >= 4 is 23.5 Å². The Balaban J connectivity index is 1.99. The van der Waals surface area contributed by atoms with Gasteiger partial charge in [-0.1, -0.05) is 18.2 Å². The van der Waals surface area contributed by atoms with Crippen LogP contribution in [0.4, 0.5) is 16.3 Å². The van der Waals surface area contributed by atoms with Gasteiger partial charge in [-0.05, 0) is 29.8 Å². The van der Waals surface area contributed by atoms with Crippen LogP contribution in [0.5, 0.6) is 0 Å². The van der Waals surface area contributed by atoms with E-state index < -0.39 is 6.09 Å². The third-order valence-corrected chi connectivity index (χ3v) is 2.65. The van der Waals surface area contributed by atoms with Crippen LogP contribution in [0.1, 0.15) is 16.1 Å². The normalized spacial score (nSPS) is 9.90. The molecule has 1 aromatic heterocycles.